The molecule has 0 bridgehead atoms. The van der Waals surface area contributed by atoms with Crippen LogP contribution < -0.4 is 15.4 Å². The molecule has 7 heteroatoms. The summed E-state index contributed by atoms with van der Waals surface area (Å²) in [5, 5.41) is 10.8. The number of nitrogens with one attached hydrogen (secondary N) is 2. The van der Waals surface area contributed by atoms with Gasteiger partial charge < -0.3 is 15.4 Å². The van der Waals surface area contributed by atoms with Gasteiger partial charge in [0.25, 0.3) is 0 Å². The van der Waals surface area contributed by atoms with E-state index in [1.54, 1.807) is 4.68 Å². The summed E-state index contributed by atoms with van der Waals surface area (Å²) in [5.74, 6) is 2.99. The molecule has 0 saturated carbocycles. The van der Waals surface area contributed by atoms with Gasteiger partial charge in [0, 0.05) is 13.6 Å². The van der Waals surface area contributed by atoms with Gasteiger partial charge in [0.15, 0.2) is 5.96 Å². The van der Waals surface area contributed by atoms with E-state index in [0.717, 1.165) is 30.7 Å². The molecule has 0 spiro atoms. The van der Waals surface area contributed by atoms with Gasteiger partial charge in [-0.25, -0.2) is 9.98 Å². The summed E-state index contributed by atoms with van der Waals surface area (Å²) in [5.41, 5.74) is 1.17. The average molecular weight is 358 g/mol. The summed E-state index contributed by atoms with van der Waals surface area (Å²) in [7, 11) is 1.86. The molecule has 0 aliphatic heterocycles. The molecule has 1 aromatic carbocycles. The van der Waals surface area contributed by atoms with E-state index in [4.69, 9.17) is 4.74 Å². The van der Waals surface area contributed by atoms with Crippen LogP contribution in [0.5, 0.6) is 5.75 Å². The molecule has 7 nitrogen and oxygen atoms in total. The van der Waals surface area contributed by atoms with Crippen molar-refractivity contribution in [3.63, 3.8) is 0 Å². The Morgan fingerprint density at radius 2 is 1.96 bits per heavy atom. The first-order valence-electron chi connectivity index (χ1n) is 9.10. The fourth-order valence-corrected chi connectivity index (χ4v) is 2.34. The highest BCUT2D eigenvalue weighted by Gasteiger charge is 2.09. The summed E-state index contributed by atoms with van der Waals surface area (Å²) >= 11 is 0. The largest absolute Gasteiger partial charge is 0.493 e. The van der Waals surface area contributed by atoms with Gasteiger partial charge in [-0.05, 0) is 37.5 Å². The van der Waals surface area contributed by atoms with Gasteiger partial charge in [-0.1, -0.05) is 26.0 Å². The van der Waals surface area contributed by atoms with Crippen LogP contribution >= 0.6 is 0 Å². The maximum Gasteiger partial charge on any atom is 0.192 e. The van der Waals surface area contributed by atoms with Crippen LogP contribution in [-0.2, 0) is 13.6 Å². The van der Waals surface area contributed by atoms with Crippen molar-refractivity contribution in [1.29, 1.82) is 0 Å². The predicted molar refractivity (Wildman–Crippen MR) is 104 cm³/mol. The lowest BCUT2D eigenvalue weighted by atomic mass is 10.1. The van der Waals surface area contributed by atoms with Crippen molar-refractivity contribution in [2.45, 2.75) is 40.3 Å². The molecule has 2 N–H and O–H groups in total. The minimum absolute atomic E-state index is 0.117. The second-order valence-corrected chi connectivity index (χ2v) is 6.63. The standard InChI is InChI=1S/C19H30N6O/c1-6-20-19(21-11-18-22-13-23-25(18)5)24-15(4)16-7-9-17(10-8-16)26-12-14(2)3/h7-10,13-15H,6,11-12H2,1-5H3,(H2,20,21,24). The van der Waals surface area contributed by atoms with E-state index in [2.05, 4.69) is 58.6 Å². The number of aryl methyl sites for hydroxylation is 1. The van der Waals surface area contributed by atoms with Gasteiger partial charge in [-0.15, -0.1) is 0 Å². The fourth-order valence-electron chi connectivity index (χ4n) is 2.34. The van der Waals surface area contributed by atoms with Crippen molar-refractivity contribution in [1.82, 2.24) is 25.4 Å². The summed E-state index contributed by atoms with van der Waals surface area (Å²) in [6.07, 6.45) is 1.54. The smallest absolute Gasteiger partial charge is 0.192 e. The fraction of sp³-hybridized carbons (Fsp3) is 0.526. The Hall–Kier alpha value is -2.57. The lowest BCUT2D eigenvalue weighted by molar-refractivity contribution is 0.271. The van der Waals surface area contributed by atoms with Crippen molar-refractivity contribution in [3.05, 3.63) is 42.0 Å². The molecule has 2 rings (SSSR count). The number of hydrogen-bond donors (Lipinski definition) is 2. The van der Waals surface area contributed by atoms with E-state index in [1.165, 1.54) is 11.9 Å². The van der Waals surface area contributed by atoms with Crippen molar-refractivity contribution in [3.8, 4) is 5.75 Å². The van der Waals surface area contributed by atoms with Crippen LogP contribution in [0.3, 0.4) is 0 Å². The van der Waals surface area contributed by atoms with Crippen molar-refractivity contribution in [2.24, 2.45) is 18.0 Å². The first kappa shape index (κ1) is 19.8. The molecule has 1 heterocycles. The first-order valence-corrected chi connectivity index (χ1v) is 9.10. The number of ether oxygens (including phenoxy) is 1. The van der Waals surface area contributed by atoms with Gasteiger partial charge in [0.05, 0.1) is 12.6 Å². The van der Waals surface area contributed by atoms with E-state index < -0.39 is 0 Å². The highest BCUT2D eigenvalue weighted by Crippen LogP contribution is 2.18. The topological polar surface area (TPSA) is 76.4 Å². The molecule has 0 fully saturated rings. The van der Waals surface area contributed by atoms with Crippen LogP contribution in [0.2, 0.25) is 0 Å². The number of nitrogens with zero attached hydrogens (tertiary/aromatic N) is 4. The molecular weight excluding hydrogens is 328 g/mol. The molecule has 1 aromatic heterocycles. The van der Waals surface area contributed by atoms with Gasteiger partial charge in [-0.2, -0.15) is 5.10 Å². The van der Waals surface area contributed by atoms with Gasteiger partial charge >= 0.3 is 0 Å². The maximum atomic E-state index is 5.74. The third kappa shape index (κ3) is 6.06. The molecule has 142 valence electrons. The maximum absolute atomic E-state index is 5.74. The molecule has 1 unspecified atom stereocenters. The van der Waals surface area contributed by atoms with Gasteiger partial charge in [0.2, 0.25) is 0 Å². The van der Waals surface area contributed by atoms with Crippen LogP contribution in [0.25, 0.3) is 0 Å². The molecule has 0 aliphatic carbocycles. The Kier molecular flexibility index (Phi) is 7.44. The molecule has 1 atom stereocenters. The average Bonchev–Trinajstić information content (AvgIpc) is 3.03. The number of benzene rings is 1. The molecular formula is C19H30N6O. The Bertz CT molecular complexity index is 692. The normalized spacial score (nSPS) is 12.9. The molecule has 26 heavy (non-hydrogen) atoms. The Morgan fingerprint density at radius 3 is 2.54 bits per heavy atom. The number of guanidine groups is 1. The van der Waals surface area contributed by atoms with E-state index in [9.17, 15) is 0 Å². The van der Waals surface area contributed by atoms with E-state index in [1.807, 2.05) is 26.1 Å². The molecule has 0 saturated heterocycles. The van der Waals surface area contributed by atoms with Crippen LogP contribution in [0.15, 0.2) is 35.6 Å². The van der Waals surface area contributed by atoms with Crippen LogP contribution in [-0.4, -0.2) is 33.9 Å². The predicted octanol–water partition coefficient (Wildman–Crippen LogP) is 2.67. The minimum Gasteiger partial charge on any atom is -0.493 e. The third-order valence-electron chi connectivity index (χ3n) is 3.84. The molecule has 0 amide bonds. The van der Waals surface area contributed by atoms with E-state index in [0.29, 0.717) is 12.5 Å². The van der Waals surface area contributed by atoms with Crippen LogP contribution in [0.4, 0.5) is 0 Å². The Morgan fingerprint density at radius 1 is 1.23 bits per heavy atom. The molecule has 0 radical (unpaired) electrons. The summed E-state index contributed by atoms with van der Waals surface area (Å²) in [4.78, 5) is 8.79. The zero-order chi connectivity index (χ0) is 18.9. The highest BCUT2D eigenvalue weighted by atomic mass is 16.5. The van der Waals surface area contributed by atoms with Gasteiger partial charge in [-0.3, -0.25) is 4.68 Å². The number of aromatic nitrogens is 3. The number of hydrogen-bond acceptors (Lipinski definition) is 4. The summed E-state index contributed by atoms with van der Waals surface area (Å²) < 4.78 is 7.47. The second kappa shape index (κ2) is 9.79. The Balaban J connectivity index is 1.97. The highest BCUT2D eigenvalue weighted by molar-refractivity contribution is 5.80. The van der Waals surface area contributed by atoms with E-state index in [-0.39, 0.29) is 6.04 Å². The van der Waals surface area contributed by atoms with Crippen LogP contribution in [0.1, 0.15) is 45.1 Å². The first-order chi connectivity index (χ1) is 12.5. The summed E-state index contributed by atoms with van der Waals surface area (Å²) in [6.45, 7) is 10.4. The van der Waals surface area contributed by atoms with Crippen molar-refractivity contribution >= 4 is 5.96 Å². The lowest BCUT2D eigenvalue weighted by Gasteiger charge is -2.18. The van der Waals surface area contributed by atoms with Crippen LogP contribution in [0, 0.1) is 5.92 Å². The van der Waals surface area contributed by atoms with Crippen molar-refractivity contribution < 1.29 is 4.74 Å². The van der Waals surface area contributed by atoms with Crippen molar-refractivity contribution in [2.75, 3.05) is 13.2 Å². The van der Waals surface area contributed by atoms with E-state index >= 15 is 0 Å². The zero-order valence-electron chi connectivity index (χ0n) is 16.4. The van der Waals surface area contributed by atoms with Gasteiger partial charge in [0.1, 0.15) is 24.4 Å². The number of rotatable bonds is 8. The summed E-state index contributed by atoms with van der Waals surface area (Å²) in [6, 6.07) is 8.31. The monoisotopic (exact) mass is 358 g/mol. The third-order valence-corrected chi connectivity index (χ3v) is 3.84. The molecule has 0 aliphatic rings. The zero-order valence-corrected chi connectivity index (χ0v) is 16.4. The number of aliphatic imine (C=N–C) groups is 1. The Labute approximate surface area is 155 Å². The molecule has 2 aromatic rings. The SMILES string of the molecule is CCNC(=NCc1ncnn1C)NC(C)c1ccc(OCC(C)C)cc1. The minimum atomic E-state index is 0.117. The quantitative estimate of drug-likeness (QED) is 0.560. The lowest BCUT2D eigenvalue weighted by Crippen LogP contribution is -2.38. The second-order valence-electron chi connectivity index (χ2n) is 6.63.